The third-order valence-electron chi connectivity index (χ3n) is 1.82. The first-order chi connectivity index (χ1) is 7.31. The second kappa shape index (κ2) is 3.86. The number of anilines is 1. The maximum atomic E-state index is 11.0. The van der Waals surface area contributed by atoms with Crippen molar-refractivity contribution in [3.8, 4) is 0 Å². The van der Waals surface area contributed by atoms with E-state index in [2.05, 4.69) is 31.1 Å². The summed E-state index contributed by atoms with van der Waals surface area (Å²) in [5, 5.41) is 16.3. The summed E-state index contributed by atoms with van der Waals surface area (Å²) in [7, 11) is 1.57. The molecule has 0 radical (unpaired) electrons. The fraction of sp³-hybridized carbons (Fsp3) is 0.286. The average Bonchev–Trinajstić information content (AvgIpc) is 2.74. The van der Waals surface area contributed by atoms with E-state index in [1.165, 1.54) is 10.7 Å². The fourth-order valence-electron chi connectivity index (χ4n) is 1.06. The number of carbonyl (C=O) groups excluding carboxylic acids is 1. The summed E-state index contributed by atoms with van der Waals surface area (Å²) >= 11 is 0. The molecule has 8 heteroatoms. The predicted molar refractivity (Wildman–Crippen MR) is 51.1 cm³/mol. The molecular weight excluding hydrogens is 198 g/mol. The van der Waals surface area contributed by atoms with Crippen molar-refractivity contribution in [2.24, 2.45) is 0 Å². The van der Waals surface area contributed by atoms with Crippen molar-refractivity contribution in [3.63, 3.8) is 0 Å². The number of nitrogens with one attached hydrogen (secondary N) is 2. The number of carbonyl (C=O) groups is 1. The Bertz CT molecular complexity index is 479. The zero-order valence-corrected chi connectivity index (χ0v) is 8.01. The second-order valence-corrected chi connectivity index (χ2v) is 2.77. The number of likely N-dealkylation sites (N-methyl/N-ethyl adjacent to an activating group) is 1. The summed E-state index contributed by atoms with van der Waals surface area (Å²) in [4.78, 5) is 14.9. The number of nitrogens with zero attached hydrogens (tertiary/aromatic N) is 5. The van der Waals surface area contributed by atoms with E-state index in [1.807, 2.05) is 0 Å². The number of amides is 1. The van der Waals surface area contributed by atoms with Crippen LogP contribution in [-0.4, -0.2) is 44.5 Å². The first kappa shape index (κ1) is 9.31. The fourth-order valence-corrected chi connectivity index (χ4v) is 1.06. The number of hydrogen-bond acceptors (Lipinski definition) is 6. The Balaban J connectivity index is 2.20. The van der Waals surface area contributed by atoms with Crippen LogP contribution in [0.25, 0.3) is 5.65 Å². The summed E-state index contributed by atoms with van der Waals surface area (Å²) in [6, 6.07) is 0. The zero-order chi connectivity index (χ0) is 10.7. The van der Waals surface area contributed by atoms with E-state index in [0.29, 0.717) is 11.5 Å². The topological polar surface area (TPSA) is 97.1 Å². The molecule has 0 bridgehead atoms. The van der Waals surface area contributed by atoms with Crippen molar-refractivity contribution < 1.29 is 4.79 Å². The van der Waals surface area contributed by atoms with Gasteiger partial charge in [0.2, 0.25) is 5.91 Å². The third-order valence-corrected chi connectivity index (χ3v) is 1.82. The monoisotopic (exact) mass is 207 g/mol. The Kier molecular flexibility index (Phi) is 2.40. The van der Waals surface area contributed by atoms with Gasteiger partial charge in [-0.15, -0.1) is 5.10 Å². The van der Waals surface area contributed by atoms with Crippen molar-refractivity contribution in [2.45, 2.75) is 0 Å². The van der Waals surface area contributed by atoms with Gasteiger partial charge >= 0.3 is 0 Å². The number of fused-ring (bicyclic) bond motifs is 1. The van der Waals surface area contributed by atoms with Gasteiger partial charge in [-0.1, -0.05) is 0 Å². The lowest BCUT2D eigenvalue weighted by atomic mass is 10.5. The first-order valence-corrected chi connectivity index (χ1v) is 4.28. The zero-order valence-electron chi connectivity index (χ0n) is 8.01. The molecule has 0 fully saturated rings. The minimum absolute atomic E-state index is 0.125. The van der Waals surface area contributed by atoms with Crippen LogP contribution >= 0.6 is 0 Å². The SMILES string of the molecule is CNC(=O)CNc1cncc2nnnn12. The molecule has 2 aromatic rings. The van der Waals surface area contributed by atoms with Gasteiger partial charge in [0, 0.05) is 7.05 Å². The normalized spacial score (nSPS) is 10.2. The van der Waals surface area contributed by atoms with Crippen LogP contribution in [0.1, 0.15) is 0 Å². The molecule has 0 atom stereocenters. The number of tetrazole rings is 1. The average molecular weight is 207 g/mol. The van der Waals surface area contributed by atoms with E-state index in [0.717, 1.165) is 0 Å². The maximum Gasteiger partial charge on any atom is 0.239 e. The molecule has 8 nitrogen and oxygen atoms in total. The highest BCUT2D eigenvalue weighted by Crippen LogP contribution is 2.04. The maximum absolute atomic E-state index is 11.0. The molecule has 2 aromatic heterocycles. The van der Waals surface area contributed by atoms with Gasteiger partial charge in [-0.2, -0.15) is 4.52 Å². The molecule has 0 aliphatic carbocycles. The van der Waals surface area contributed by atoms with Crippen LogP contribution in [0.3, 0.4) is 0 Å². The Morgan fingerprint density at radius 3 is 3.20 bits per heavy atom. The molecule has 0 aliphatic heterocycles. The lowest BCUT2D eigenvalue weighted by Crippen LogP contribution is -2.26. The van der Waals surface area contributed by atoms with Gasteiger partial charge in [-0.25, -0.2) is 0 Å². The van der Waals surface area contributed by atoms with Crippen molar-refractivity contribution in [1.29, 1.82) is 0 Å². The van der Waals surface area contributed by atoms with Crippen LogP contribution in [-0.2, 0) is 4.79 Å². The van der Waals surface area contributed by atoms with Gasteiger partial charge in [0.25, 0.3) is 0 Å². The lowest BCUT2D eigenvalue weighted by Gasteiger charge is -2.04. The molecule has 78 valence electrons. The highest BCUT2D eigenvalue weighted by molar-refractivity contribution is 5.80. The number of hydrogen-bond donors (Lipinski definition) is 2. The van der Waals surface area contributed by atoms with Crippen LogP contribution in [0, 0.1) is 0 Å². The smallest absolute Gasteiger partial charge is 0.239 e. The molecule has 0 unspecified atom stereocenters. The van der Waals surface area contributed by atoms with E-state index in [4.69, 9.17) is 0 Å². The van der Waals surface area contributed by atoms with Crippen molar-refractivity contribution in [3.05, 3.63) is 12.4 Å². The molecule has 0 aromatic carbocycles. The van der Waals surface area contributed by atoms with E-state index in [9.17, 15) is 4.79 Å². The van der Waals surface area contributed by atoms with E-state index >= 15 is 0 Å². The molecule has 0 saturated heterocycles. The van der Waals surface area contributed by atoms with Gasteiger partial charge in [0.05, 0.1) is 18.9 Å². The van der Waals surface area contributed by atoms with Crippen LogP contribution in [0.15, 0.2) is 12.4 Å². The summed E-state index contributed by atoms with van der Waals surface area (Å²) < 4.78 is 1.47. The molecule has 0 aliphatic rings. The highest BCUT2D eigenvalue weighted by atomic mass is 16.1. The van der Waals surface area contributed by atoms with Gasteiger partial charge in [-0.3, -0.25) is 9.78 Å². The van der Waals surface area contributed by atoms with Crippen LogP contribution in [0.2, 0.25) is 0 Å². The van der Waals surface area contributed by atoms with E-state index in [-0.39, 0.29) is 12.5 Å². The number of rotatable bonds is 3. The molecule has 2 rings (SSSR count). The predicted octanol–water partition coefficient (Wildman–Crippen LogP) is -1.32. The molecule has 0 saturated carbocycles. The molecule has 2 N–H and O–H groups in total. The standard InChI is InChI=1S/C7H9N7O/c1-8-7(15)4-10-5-2-9-3-6-11-12-13-14(5)6/h2-3,10H,4H2,1H3,(H,8,15). The van der Waals surface area contributed by atoms with Crippen molar-refractivity contribution >= 4 is 17.4 Å². The summed E-state index contributed by atoms with van der Waals surface area (Å²) in [6.07, 6.45) is 3.08. The summed E-state index contributed by atoms with van der Waals surface area (Å²) in [6.45, 7) is 0.150. The first-order valence-electron chi connectivity index (χ1n) is 4.28. The minimum Gasteiger partial charge on any atom is -0.360 e. The third kappa shape index (κ3) is 1.82. The quantitative estimate of drug-likeness (QED) is 0.647. The van der Waals surface area contributed by atoms with Crippen molar-refractivity contribution in [2.75, 3.05) is 18.9 Å². The Labute approximate surface area is 84.7 Å². The minimum atomic E-state index is -0.125. The van der Waals surface area contributed by atoms with Crippen LogP contribution in [0.5, 0.6) is 0 Å². The van der Waals surface area contributed by atoms with Crippen LogP contribution in [0.4, 0.5) is 5.82 Å². The van der Waals surface area contributed by atoms with Gasteiger partial charge in [0.15, 0.2) is 11.5 Å². The Morgan fingerprint density at radius 1 is 1.53 bits per heavy atom. The molecule has 0 spiro atoms. The number of aromatic nitrogens is 5. The molecule has 2 heterocycles. The van der Waals surface area contributed by atoms with Crippen molar-refractivity contribution in [1.82, 2.24) is 30.3 Å². The Morgan fingerprint density at radius 2 is 2.40 bits per heavy atom. The lowest BCUT2D eigenvalue weighted by molar-refractivity contribution is -0.118. The van der Waals surface area contributed by atoms with Crippen LogP contribution < -0.4 is 10.6 Å². The second-order valence-electron chi connectivity index (χ2n) is 2.77. The summed E-state index contributed by atoms with van der Waals surface area (Å²) in [5.41, 5.74) is 0.525. The molecule has 1 amide bonds. The van der Waals surface area contributed by atoms with E-state index < -0.39 is 0 Å². The van der Waals surface area contributed by atoms with E-state index in [1.54, 1.807) is 13.2 Å². The van der Waals surface area contributed by atoms with Gasteiger partial charge in [0.1, 0.15) is 0 Å². The molecular formula is C7H9N7O. The largest absolute Gasteiger partial charge is 0.360 e. The Hall–Kier alpha value is -2.25. The molecule has 15 heavy (non-hydrogen) atoms. The summed E-state index contributed by atoms with van der Waals surface area (Å²) in [5.74, 6) is 0.446. The van der Waals surface area contributed by atoms with Gasteiger partial charge < -0.3 is 10.6 Å². The van der Waals surface area contributed by atoms with Gasteiger partial charge in [-0.05, 0) is 10.4 Å². The highest BCUT2D eigenvalue weighted by Gasteiger charge is 2.04.